The second-order valence-electron chi connectivity index (χ2n) is 5.67. The fourth-order valence-electron chi connectivity index (χ4n) is 2.92. The Hall–Kier alpha value is -0.670. The molecule has 2 rings (SSSR count). The smallest absolute Gasteiger partial charge is 0.124 e. The number of hydrogen-bond acceptors (Lipinski definition) is 3. The average Bonchev–Trinajstić information content (AvgIpc) is 2.38. The number of ether oxygens (including phenoxy) is 1. The van der Waals surface area contributed by atoms with E-state index in [1.807, 2.05) is 24.8 Å². The summed E-state index contributed by atoms with van der Waals surface area (Å²) >= 11 is 1.99. The molecule has 0 bridgehead atoms. The van der Waals surface area contributed by atoms with Crippen LogP contribution in [0.2, 0.25) is 0 Å². The number of benzene rings is 1. The zero-order valence-electron chi connectivity index (χ0n) is 12.2. The van der Waals surface area contributed by atoms with Crippen molar-refractivity contribution in [2.75, 3.05) is 7.11 Å². The molecule has 0 aliphatic heterocycles. The molecule has 0 spiro atoms. The summed E-state index contributed by atoms with van der Waals surface area (Å²) in [6, 6.07) is 6.27. The Morgan fingerprint density at radius 3 is 2.79 bits per heavy atom. The molecular weight excluding hydrogens is 254 g/mol. The fourth-order valence-corrected chi connectivity index (χ4v) is 4.56. The SMILES string of the molecule is COc1cccc(SC2CCCC(C)C2)c1C(C)N. The van der Waals surface area contributed by atoms with Gasteiger partial charge in [-0.15, -0.1) is 11.8 Å². The Morgan fingerprint density at radius 1 is 1.37 bits per heavy atom. The van der Waals surface area contributed by atoms with Crippen LogP contribution in [0.4, 0.5) is 0 Å². The molecular formula is C16H25NOS. The maximum atomic E-state index is 6.13. The first-order valence-electron chi connectivity index (χ1n) is 7.21. The molecule has 3 atom stereocenters. The molecule has 0 heterocycles. The van der Waals surface area contributed by atoms with Crippen molar-refractivity contribution in [3.63, 3.8) is 0 Å². The maximum absolute atomic E-state index is 6.13. The number of nitrogens with two attached hydrogens (primary N) is 1. The minimum Gasteiger partial charge on any atom is -0.496 e. The molecule has 1 aliphatic carbocycles. The topological polar surface area (TPSA) is 35.2 Å². The van der Waals surface area contributed by atoms with E-state index in [0.717, 1.165) is 22.5 Å². The van der Waals surface area contributed by atoms with Crippen LogP contribution in [-0.4, -0.2) is 12.4 Å². The summed E-state index contributed by atoms with van der Waals surface area (Å²) in [7, 11) is 1.72. The highest BCUT2D eigenvalue weighted by molar-refractivity contribution is 8.00. The zero-order chi connectivity index (χ0) is 13.8. The molecule has 2 nitrogen and oxygen atoms in total. The van der Waals surface area contributed by atoms with E-state index in [9.17, 15) is 0 Å². The normalized spacial score (nSPS) is 25.1. The average molecular weight is 279 g/mol. The van der Waals surface area contributed by atoms with E-state index < -0.39 is 0 Å². The minimum absolute atomic E-state index is 0.0136. The molecule has 0 amide bonds. The van der Waals surface area contributed by atoms with Gasteiger partial charge >= 0.3 is 0 Å². The molecule has 1 saturated carbocycles. The molecule has 3 unspecified atom stereocenters. The van der Waals surface area contributed by atoms with E-state index in [1.54, 1.807) is 7.11 Å². The third-order valence-corrected chi connectivity index (χ3v) is 5.25. The summed E-state index contributed by atoms with van der Waals surface area (Å²) < 4.78 is 5.46. The Bertz CT molecular complexity index is 419. The number of rotatable bonds is 4. The summed E-state index contributed by atoms with van der Waals surface area (Å²) in [4.78, 5) is 1.30. The van der Waals surface area contributed by atoms with Gasteiger partial charge in [0, 0.05) is 21.8 Å². The summed E-state index contributed by atoms with van der Waals surface area (Å²) in [5.74, 6) is 1.78. The van der Waals surface area contributed by atoms with Crippen molar-refractivity contribution in [1.82, 2.24) is 0 Å². The van der Waals surface area contributed by atoms with Crippen molar-refractivity contribution in [3.05, 3.63) is 23.8 Å². The lowest BCUT2D eigenvalue weighted by molar-refractivity contribution is 0.393. The quantitative estimate of drug-likeness (QED) is 0.888. The first kappa shape index (κ1) is 14.7. The van der Waals surface area contributed by atoms with Crippen molar-refractivity contribution in [2.24, 2.45) is 11.7 Å². The van der Waals surface area contributed by atoms with Gasteiger partial charge in [0.15, 0.2) is 0 Å². The van der Waals surface area contributed by atoms with Crippen molar-refractivity contribution in [2.45, 2.75) is 55.7 Å². The van der Waals surface area contributed by atoms with Gasteiger partial charge in [-0.25, -0.2) is 0 Å². The van der Waals surface area contributed by atoms with Gasteiger partial charge in [0.05, 0.1) is 7.11 Å². The largest absolute Gasteiger partial charge is 0.496 e. The molecule has 0 saturated heterocycles. The molecule has 1 aromatic carbocycles. The van der Waals surface area contributed by atoms with E-state index in [1.165, 1.54) is 30.6 Å². The molecule has 3 heteroatoms. The van der Waals surface area contributed by atoms with Crippen molar-refractivity contribution < 1.29 is 4.74 Å². The first-order chi connectivity index (χ1) is 9.11. The Kier molecular flexibility index (Phi) is 5.17. The van der Waals surface area contributed by atoms with Gasteiger partial charge < -0.3 is 10.5 Å². The van der Waals surface area contributed by atoms with Crippen LogP contribution < -0.4 is 10.5 Å². The van der Waals surface area contributed by atoms with Gasteiger partial charge in [-0.2, -0.15) is 0 Å². The second kappa shape index (κ2) is 6.67. The highest BCUT2D eigenvalue weighted by Gasteiger charge is 2.22. The predicted molar refractivity (Wildman–Crippen MR) is 82.9 cm³/mol. The van der Waals surface area contributed by atoms with Crippen molar-refractivity contribution in [3.8, 4) is 5.75 Å². The lowest BCUT2D eigenvalue weighted by atomic mass is 9.91. The third-order valence-electron chi connectivity index (χ3n) is 3.88. The van der Waals surface area contributed by atoms with Gasteiger partial charge in [-0.1, -0.05) is 25.8 Å². The van der Waals surface area contributed by atoms with E-state index in [-0.39, 0.29) is 6.04 Å². The third kappa shape index (κ3) is 3.67. The van der Waals surface area contributed by atoms with Crippen molar-refractivity contribution in [1.29, 1.82) is 0 Å². The maximum Gasteiger partial charge on any atom is 0.124 e. The van der Waals surface area contributed by atoms with Crippen LogP contribution in [0, 0.1) is 5.92 Å². The van der Waals surface area contributed by atoms with Crippen LogP contribution in [0.5, 0.6) is 5.75 Å². The number of thioether (sulfide) groups is 1. The highest BCUT2D eigenvalue weighted by atomic mass is 32.2. The summed E-state index contributed by atoms with van der Waals surface area (Å²) in [5, 5.41) is 0.730. The van der Waals surface area contributed by atoms with Crippen molar-refractivity contribution >= 4 is 11.8 Å². The van der Waals surface area contributed by atoms with E-state index in [2.05, 4.69) is 19.1 Å². The second-order valence-corrected chi connectivity index (χ2v) is 7.01. The van der Waals surface area contributed by atoms with Gasteiger partial charge in [0.2, 0.25) is 0 Å². The molecule has 1 aromatic rings. The zero-order valence-corrected chi connectivity index (χ0v) is 13.0. The van der Waals surface area contributed by atoms with Crippen LogP contribution in [0.15, 0.2) is 23.1 Å². The standard InChI is InChI=1S/C16H25NOS/c1-11-6-4-7-13(10-11)19-15-9-5-8-14(18-3)16(15)12(2)17/h5,8-9,11-13H,4,6-7,10,17H2,1-3H3. The molecule has 1 fully saturated rings. The van der Waals surface area contributed by atoms with Crippen LogP contribution in [0.1, 0.15) is 51.1 Å². The van der Waals surface area contributed by atoms with Crippen LogP contribution in [-0.2, 0) is 0 Å². The molecule has 2 N–H and O–H groups in total. The van der Waals surface area contributed by atoms with Crippen LogP contribution in [0.3, 0.4) is 0 Å². The molecule has 106 valence electrons. The van der Waals surface area contributed by atoms with Gasteiger partial charge in [0.25, 0.3) is 0 Å². The molecule has 1 aliphatic rings. The van der Waals surface area contributed by atoms with Gasteiger partial charge in [-0.05, 0) is 37.8 Å². The monoisotopic (exact) mass is 279 g/mol. The van der Waals surface area contributed by atoms with Gasteiger partial charge in [-0.3, -0.25) is 0 Å². The Morgan fingerprint density at radius 2 is 2.16 bits per heavy atom. The highest BCUT2D eigenvalue weighted by Crippen LogP contribution is 2.41. The lowest BCUT2D eigenvalue weighted by Gasteiger charge is -2.27. The Balaban J connectivity index is 2.19. The van der Waals surface area contributed by atoms with Crippen LogP contribution in [0.25, 0.3) is 0 Å². The molecule has 0 radical (unpaired) electrons. The van der Waals surface area contributed by atoms with Gasteiger partial charge in [0.1, 0.15) is 5.75 Å². The lowest BCUT2D eigenvalue weighted by Crippen LogP contribution is -2.16. The van der Waals surface area contributed by atoms with E-state index >= 15 is 0 Å². The number of hydrogen-bond donors (Lipinski definition) is 1. The number of methoxy groups -OCH3 is 1. The summed E-state index contributed by atoms with van der Waals surface area (Å²) in [6.07, 6.45) is 5.39. The molecule has 19 heavy (non-hydrogen) atoms. The van der Waals surface area contributed by atoms with E-state index in [4.69, 9.17) is 10.5 Å². The summed E-state index contributed by atoms with van der Waals surface area (Å²) in [5.41, 5.74) is 7.29. The Labute approximate surface area is 121 Å². The van der Waals surface area contributed by atoms with E-state index in [0.29, 0.717) is 0 Å². The predicted octanol–water partition coefficient (Wildman–Crippen LogP) is 4.39. The molecule has 0 aromatic heterocycles. The minimum atomic E-state index is 0.0136. The van der Waals surface area contributed by atoms with Crippen LogP contribution >= 0.6 is 11.8 Å². The first-order valence-corrected chi connectivity index (χ1v) is 8.09. The summed E-state index contributed by atoms with van der Waals surface area (Å²) in [6.45, 7) is 4.40. The fraction of sp³-hybridized carbons (Fsp3) is 0.625.